The van der Waals surface area contributed by atoms with Crippen LogP contribution >= 0.6 is 11.6 Å². The maximum absolute atomic E-state index is 11.8. The molecule has 0 bridgehead atoms. The fourth-order valence-electron chi connectivity index (χ4n) is 1.75. The van der Waals surface area contributed by atoms with Crippen molar-refractivity contribution < 1.29 is 14.3 Å². The predicted molar refractivity (Wildman–Crippen MR) is 85.4 cm³/mol. The van der Waals surface area contributed by atoms with Crippen LogP contribution in [0.1, 0.15) is 10.4 Å². The van der Waals surface area contributed by atoms with E-state index in [0.29, 0.717) is 22.0 Å². The molecule has 6 heteroatoms. The van der Waals surface area contributed by atoms with E-state index in [1.807, 2.05) is 0 Å². The number of benzene rings is 2. The van der Waals surface area contributed by atoms with E-state index in [4.69, 9.17) is 16.3 Å². The zero-order valence-corrected chi connectivity index (χ0v) is 12.7. The first kappa shape index (κ1) is 15.9. The van der Waals surface area contributed by atoms with Crippen molar-refractivity contribution in [1.82, 2.24) is 5.32 Å². The van der Waals surface area contributed by atoms with Gasteiger partial charge in [-0.3, -0.25) is 9.59 Å². The third-order valence-corrected chi connectivity index (χ3v) is 3.06. The monoisotopic (exact) mass is 318 g/mol. The van der Waals surface area contributed by atoms with E-state index in [1.54, 1.807) is 55.6 Å². The first-order valence-electron chi connectivity index (χ1n) is 6.59. The highest BCUT2D eigenvalue weighted by molar-refractivity contribution is 6.30. The van der Waals surface area contributed by atoms with Crippen molar-refractivity contribution in [2.75, 3.05) is 19.0 Å². The van der Waals surface area contributed by atoms with Gasteiger partial charge in [-0.2, -0.15) is 0 Å². The standard InChI is InChI=1S/C16H15ClN2O3/c1-18-16(21)11-5-7-13(8-6-11)19-15(20)10-22-14-4-2-3-12(17)9-14/h2-9H,10H2,1H3,(H,18,21)(H,19,20). The number of halogens is 1. The first-order chi connectivity index (χ1) is 10.6. The Morgan fingerprint density at radius 1 is 1.14 bits per heavy atom. The van der Waals surface area contributed by atoms with Gasteiger partial charge in [0.2, 0.25) is 0 Å². The molecule has 0 aliphatic rings. The average Bonchev–Trinajstić information content (AvgIpc) is 2.53. The van der Waals surface area contributed by atoms with Crippen LogP contribution in [0.4, 0.5) is 5.69 Å². The lowest BCUT2D eigenvalue weighted by molar-refractivity contribution is -0.118. The minimum absolute atomic E-state index is 0.127. The normalized spacial score (nSPS) is 9.91. The van der Waals surface area contributed by atoms with Crippen molar-refractivity contribution in [3.63, 3.8) is 0 Å². The molecule has 2 amide bonds. The third kappa shape index (κ3) is 4.49. The van der Waals surface area contributed by atoms with E-state index < -0.39 is 0 Å². The Kier molecular flexibility index (Phi) is 5.38. The number of amides is 2. The quantitative estimate of drug-likeness (QED) is 0.890. The van der Waals surface area contributed by atoms with E-state index in [9.17, 15) is 9.59 Å². The van der Waals surface area contributed by atoms with Crippen LogP contribution in [-0.2, 0) is 4.79 Å². The Bertz CT molecular complexity index is 671. The summed E-state index contributed by atoms with van der Waals surface area (Å²) in [5.74, 6) is 0.0486. The Morgan fingerprint density at radius 3 is 2.50 bits per heavy atom. The van der Waals surface area contributed by atoms with Gasteiger partial charge in [0.25, 0.3) is 11.8 Å². The molecule has 2 rings (SSSR count). The Morgan fingerprint density at radius 2 is 1.86 bits per heavy atom. The van der Waals surface area contributed by atoms with Crippen molar-refractivity contribution in [1.29, 1.82) is 0 Å². The first-order valence-corrected chi connectivity index (χ1v) is 6.96. The number of anilines is 1. The lowest BCUT2D eigenvalue weighted by Crippen LogP contribution is -2.20. The average molecular weight is 319 g/mol. The summed E-state index contributed by atoms with van der Waals surface area (Å²) in [5.41, 5.74) is 1.11. The number of rotatable bonds is 5. The summed E-state index contributed by atoms with van der Waals surface area (Å²) < 4.78 is 5.34. The highest BCUT2D eigenvalue weighted by atomic mass is 35.5. The summed E-state index contributed by atoms with van der Waals surface area (Å²) in [6, 6.07) is 13.4. The molecule has 0 fully saturated rings. The molecule has 2 aromatic carbocycles. The minimum atomic E-state index is -0.298. The van der Waals surface area contributed by atoms with Gasteiger partial charge in [-0.25, -0.2) is 0 Å². The minimum Gasteiger partial charge on any atom is -0.484 e. The number of carbonyl (C=O) groups excluding carboxylic acids is 2. The molecule has 114 valence electrons. The Labute approximate surface area is 133 Å². The van der Waals surface area contributed by atoms with Crippen LogP contribution in [0.25, 0.3) is 0 Å². The number of hydrogen-bond acceptors (Lipinski definition) is 3. The number of ether oxygens (including phenoxy) is 1. The second-order valence-electron chi connectivity index (χ2n) is 4.45. The number of carbonyl (C=O) groups is 2. The van der Waals surface area contributed by atoms with E-state index in [2.05, 4.69) is 10.6 Å². The maximum atomic E-state index is 11.8. The van der Waals surface area contributed by atoms with Crippen LogP contribution in [0.5, 0.6) is 5.75 Å². The number of hydrogen-bond donors (Lipinski definition) is 2. The van der Waals surface area contributed by atoms with E-state index in [-0.39, 0.29) is 18.4 Å². The SMILES string of the molecule is CNC(=O)c1ccc(NC(=O)COc2cccc(Cl)c2)cc1. The second kappa shape index (κ2) is 7.47. The van der Waals surface area contributed by atoms with Crippen molar-refractivity contribution in [3.05, 3.63) is 59.1 Å². The van der Waals surface area contributed by atoms with Gasteiger partial charge in [0, 0.05) is 23.3 Å². The summed E-state index contributed by atoms with van der Waals surface area (Å²) in [4.78, 5) is 23.2. The van der Waals surface area contributed by atoms with Gasteiger partial charge in [0.05, 0.1) is 0 Å². The molecule has 0 radical (unpaired) electrons. The zero-order valence-electron chi connectivity index (χ0n) is 11.9. The van der Waals surface area contributed by atoms with E-state index in [0.717, 1.165) is 0 Å². The summed E-state index contributed by atoms with van der Waals surface area (Å²) in [6.45, 7) is -0.127. The zero-order chi connectivity index (χ0) is 15.9. The summed E-state index contributed by atoms with van der Waals surface area (Å²) in [6.07, 6.45) is 0. The summed E-state index contributed by atoms with van der Waals surface area (Å²) in [7, 11) is 1.56. The van der Waals surface area contributed by atoms with Gasteiger partial charge in [-0.15, -0.1) is 0 Å². The van der Waals surface area contributed by atoms with E-state index >= 15 is 0 Å². The third-order valence-electron chi connectivity index (χ3n) is 2.82. The van der Waals surface area contributed by atoms with Gasteiger partial charge >= 0.3 is 0 Å². The molecular formula is C16H15ClN2O3. The van der Waals surface area contributed by atoms with Crippen molar-refractivity contribution in [3.8, 4) is 5.75 Å². The highest BCUT2D eigenvalue weighted by Gasteiger charge is 2.06. The summed E-state index contributed by atoms with van der Waals surface area (Å²) in [5, 5.41) is 5.75. The fourth-order valence-corrected chi connectivity index (χ4v) is 1.93. The second-order valence-corrected chi connectivity index (χ2v) is 4.89. The predicted octanol–water partition coefficient (Wildman–Crippen LogP) is 2.72. The molecule has 2 N–H and O–H groups in total. The van der Waals surface area contributed by atoms with Crippen LogP contribution < -0.4 is 15.4 Å². The molecule has 0 aliphatic heterocycles. The number of nitrogens with one attached hydrogen (secondary N) is 2. The lowest BCUT2D eigenvalue weighted by Gasteiger charge is -2.08. The van der Waals surface area contributed by atoms with Crippen molar-refractivity contribution in [2.24, 2.45) is 0 Å². The van der Waals surface area contributed by atoms with Gasteiger partial charge in [0.15, 0.2) is 6.61 Å². The smallest absolute Gasteiger partial charge is 0.262 e. The largest absolute Gasteiger partial charge is 0.484 e. The van der Waals surface area contributed by atoms with Crippen molar-refractivity contribution in [2.45, 2.75) is 0 Å². The van der Waals surface area contributed by atoms with Gasteiger partial charge in [-0.1, -0.05) is 17.7 Å². The highest BCUT2D eigenvalue weighted by Crippen LogP contribution is 2.17. The van der Waals surface area contributed by atoms with Crippen LogP contribution in [0.15, 0.2) is 48.5 Å². The molecule has 0 unspecified atom stereocenters. The molecule has 22 heavy (non-hydrogen) atoms. The Hall–Kier alpha value is -2.53. The summed E-state index contributed by atoms with van der Waals surface area (Å²) >= 11 is 5.83. The molecule has 2 aromatic rings. The molecule has 0 heterocycles. The molecule has 0 spiro atoms. The molecule has 0 saturated heterocycles. The van der Waals surface area contributed by atoms with Gasteiger partial charge in [0.1, 0.15) is 5.75 Å². The molecule has 0 atom stereocenters. The fraction of sp³-hybridized carbons (Fsp3) is 0.125. The molecular weight excluding hydrogens is 304 g/mol. The molecule has 0 aromatic heterocycles. The maximum Gasteiger partial charge on any atom is 0.262 e. The van der Waals surface area contributed by atoms with E-state index in [1.165, 1.54) is 0 Å². The molecule has 5 nitrogen and oxygen atoms in total. The van der Waals surface area contributed by atoms with Crippen LogP contribution in [-0.4, -0.2) is 25.5 Å². The van der Waals surface area contributed by atoms with Crippen LogP contribution in [0, 0.1) is 0 Å². The van der Waals surface area contributed by atoms with Gasteiger partial charge < -0.3 is 15.4 Å². The van der Waals surface area contributed by atoms with Crippen LogP contribution in [0.3, 0.4) is 0 Å². The van der Waals surface area contributed by atoms with Crippen molar-refractivity contribution >= 4 is 29.1 Å². The van der Waals surface area contributed by atoms with Crippen LogP contribution in [0.2, 0.25) is 5.02 Å². The topological polar surface area (TPSA) is 67.4 Å². The van der Waals surface area contributed by atoms with Gasteiger partial charge in [-0.05, 0) is 42.5 Å². The Balaban J connectivity index is 1.88. The molecule has 0 aliphatic carbocycles. The molecule has 0 saturated carbocycles. The lowest BCUT2D eigenvalue weighted by atomic mass is 10.2.